The Bertz CT molecular complexity index is 204. The SMILES string of the molecule is CNC(C)(CC(N)=O)CC(C)(C)OC. The Morgan fingerprint density at radius 3 is 2.21 bits per heavy atom. The molecule has 0 aliphatic carbocycles. The molecule has 4 heteroatoms. The van der Waals surface area contributed by atoms with Gasteiger partial charge in [0.2, 0.25) is 5.91 Å². The Kier molecular flexibility index (Phi) is 4.55. The van der Waals surface area contributed by atoms with Gasteiger partial charge in [0.05, 0.1) is 5.60 Å². The lowest BCUT2D eigenvalue weighted by atomic mass is 9.85. The molecular weight excluding hydrogens is 180 g/mol. The van der Waals surface area contributed by atoms with Gasteiger partial charge in [0.15, 0.2) is 0 Å². The summed E-state index contributed by atoms with van der Waals surface area (Å²) >= 11 is 0. The Hall–Kier alpha value is -0.610. The topological polar surface area (TPSA) is 64.3 Å². The highest BCUT2D eigenvalue weighted by Crippen LogP contribution is 2.25. The number of rotatable bonds is 6. The third kappa shape index (κ3) is 4.58. The highest BCUT2D eigenvalue weighted by Gasteiger charge is 2.32. The summed E-state index contributed by atoms with van der Waals surface area (Å²) < 4.78 is 5.32. The molecule has 0 saturated heterocycles. The van der Waals surface area contributed by atoms with Crippen LogP contribution < -0.4 is 11.1 Å². The largest absolute Gasteiger partial charge is 0.379 e. The molecule has 0 fully saturated rings. The minimum Gasteiger partial charge on any atom is -0.379 e. The number of methoxy groups -OCH3 is 1. The van der Waals surface area contributed by atoms with Gasteiger partial charge in [-0.15, -0.1) is 0 Å². The lowest BCUT2D eigenvalue weighted by Gasteiger charge is -2.36. The second-order valence-electron chi connectivity index (χ2n) is 4.59. The van der Waals surface area contributed by atoms with Gasteiger partial charge in [-0.2, -0.15) is 0 Å². The third-order valence-corrected chi connectivity index (χ3v) is 2.54. The predicted molar refractivity (Wildman–Crippen MR) is 57.0 cm³/mol. The molecule has 0 aromatic rings. The Balaban J connectivity index is 4.46. The highest BCUT2D eigenvalue weighted by atomic mass is 16.5. The van der Waals surface area contributed by atoms with E-state index in [0.29, 0.717) is 6.42 Å². The summed E-state index contributed by atoms with van der Waals surface area (Å²) in [5.41, 5.74) is 4.64. The molecule has 0 rings (SSSR count). The van der Waals surface area contributed by atoms with Crippen molar-refractivity contribution in [3.8, 4) is 0 Å². The number of amides is 1. The van der Waals surface area contributed by atoms with Gasteiger partial charge >= 0.3 is 0 Å². The standard InChI is InChI=1S/C10H22N2O2/c1-9(2,14-5)7-10(3,12-4)6-8(11)13/h12H,6-7H2,1-5H3,(H2,11,13). The van der Waals surface area contributed by atoms with Crippen LogP contribution in [0.15, 0.2) is 0 Å². The zero-order valence-electron chi connectivity index (χ0n) is 9.81. The molecule has 0 aliphatic heterocycles. The smallest absolute Gasteiger partial charge is 0.219 e. The molecule has 0 aromatic heterocycles. The van der Waals surface area contributed by atoms with E-state index in [0.717, 1.165) is 6.42 Å². The van der Waals surface area contributed by atoms with E-state index >= 15 is 0 Å². The van der Waals surface area contributed by atoms with Crippen LogP contribution >= 0.6 is 0 Å². The van der Waals surface area contributed by atoms with Gasteiger partial charge < -0.3 is 15.8 Å². The van der Waals surface area contributed by atoms with Crippen molar-refractivity contribution < 1.29 is 9.53 Å². The van der Waals surface area contributed by atoms with Gasteiger partial charge in [0, 0.05) is 19.1 Å². The van der Waals surface area contributed by atoms with Gasteiger partial charge in [-0.25, -0.2) is 0 Å². The molecular formula is C10H22N2O2. The maximum atomic E-state index is 10.9. The van der Waals surface area contributed by atoms with Crippen LogP contribution in [0, 0.1) is 0 Å². The third-order valence-electron chi connectivity index (χ3n) is 2.54. The van der Waals surface area contributed by atoms with Crippen LogP contribution in [0.3, 0.4) is 0 Å². The van der Waals surface area contributed by atoms with Crippen molar-refractivity contribution in [1.82, 2.24) is 5.32 Å². The molecule has 1 atom stereocenters. The van der Waals surface area contributed by atoms with E-state index in [1.165, 1.54) is 0 Å². The van der Waals surface area contributed by atoms with E-state index in [4.69, 9.17) is 10.5 Å². The molecule has 0 spiro atoms. The number of nitrogens with one attached hydrogen (secondary N) is 1. The predicted octanol–water partition coefficient (Wildman–Crippen LogP) is 0.655. The van der Waals surface area contributed by atoms with Crippen LogP contribution in [-0.2, 0) is 9.53 Å². The van der Waals surface area contributed by atoms with Gasteiger partial charge in [0.25, 0.3) is 0 Å². The van der Waals surface area contributed by atoms with Crippen molar-refractivity contribution in [2.24, 2.45) is 5.73 Å². The summed E-state index contributed by atoms with van der Waals surface area (Å²) in [6.07, 6.45) is 1.05. The molecule has 0 heterocycles. The summed E-state index contributed by atoms with van der Waals surface area (Å²) in [5, 5.41) is 3.12. The van der Waals surface area contributed by atoms with E-state index in [2.05, 4.69) is 5.32 Å². The zero-order chi connectivity index (χ0) is 11.4. The van der Waals surface area contributed by atoms with Crippen LogP contribution in [0.4, 0.5) is 0 Å². The maximum absolute atomic E-state index is 10.9. The van der Waals surface area contributed by atoms with Crippen molar-refractivity contribution in [3.63, 3.8) is 0 Å². The van der Waals surface area contributed by atoms with Crippen molar-refractivity contribution in [1.29, 1.82) is 0 Å². The summed E-state index contributed by atoms with van der Waals surface area (Å²) in [7, 11) is 3.50. The van der Waals surface area contributed by atoms with Crippen molar-refractivity contribution in [2.75, 3.05) is 14.2 Å². The first-order valence-corrected chi connectivity index (χ1v) is 4.77. The molecule has 0 bridgehead atoms. The number of carbonyl (C=O) groups is 1. The number of hydrogen-bond acceptors (Lipinski definition) is 3. The molecule has 0 radical (unpaired) electrons. The average Bonchev–Trinajstić information content (AvgIpc) is 2.02. The number of primary amides is 1. The van der Waals surface area contributed by atoms with Gasteiger partial charge in [-0.05, 0) is 34.2 Å². The molecule has 0 aliphatic rings. The number of ether oxygens (including phenoxy) is 1. The molecule has 1 unspecified atom stereocenters. The Morgan fingerprint density at radius 2 is 1.93 bits per heavy atom. The first kappa shape index (κ1) is 13.4. The summed E-state index contributed by atoms with van der Waals surface area (Å²) in [6.45, 7) is 5.95. The molecule has 84 valence electrons. The van der Waals surface area contributed by atoms with Crippen molar-refractivity contribution in [2.45, 2.75) is 44.8 Å². The fourth-order valence-corrected chi connectivity index (χ4v) is 1.64. The van der Waals surface area contributed by atoms with E-state index in [-0.39, 0.29) is 17.0 Å². The van der Waals surface area contributed by atoms with Gasteiger partial charge in [0.1, 0.15) is 0 Å². The Labute approximate surface area is 86.2 Å². The minimum absolute atomic E-state index is 0.257. The van der Waals surface area contributed by atoms with Crippen LogP contribution in [0.25, 0.3) is 0 Å². The van der Waals surface area contributed by atoms with Crippen LogP contribution in [0.2, 0.25) is 0 Å². The first-order valence-electron chi connectivity index (χ1n) is 4.77. The monoisotopic (exact) mass is 202 g/mol. The second-order valence-corrected chi connectivity index (χ2v) is 4.59. The van der Waals surface area contributed by atoms with Gasteiger partial charge in [-0.3, -0.25) is 4.79 Å². The zero-order valence-corrected chi connectivity index (χ0v) is 9.81. The maximum Gasteiger partial charge on any atom is 0.219 e. The van der Waals surface area contributed by atoms with Crippen LogP contribution in [0.1, 0.15) is 33.6 Å². The quantitative estimate of drug-likeness (QED) is 0.665. The van der Waals surface area contributed by atoms with E-state index in [9.17, 15) is 4.79 Å². The molecule has 1 amide bonds. The molecule has 14 heavy (non-hydrogen) atoms. The molecule has 3 N–H and O–H groups in total. The average molecular weight is 202 g/mol. The lowest BCUT2D eigenvalue weighted by Crippen LogP contribution is -2.48. The van der Waals surface area contributed by atoms with Gasteiger partial charge in [-0.1, -0.05) is 0 Å². The summed E-state index contributed by atoms with van der Waals surface area (Å²) in [4.78, 5) is 10.9. The number of carbonyl (C=O) groups excluding carboxylic acids is 1. The Morgan fingerprint density at radius 1 is 1.43 bits per heavy atom. The highest BCUT2D eigenvalue weighted by molar-refractivity contribution is 5.75. The van der Waals surface area contributed by atoms with E-state index in [1.807, 2.05) is 27.8 Å². The molecule has 0 aromatic carbocycles. The van der Waals surface area contributed by atoms with E-state index < -0.39 is 0 Å². The molecule has 0 saturated carbocycles. The number of hydrogen-bond donors (Lipinski definition) is 2. The van der Waals surface area contributed by atoms with Crippen LogP contribution in [-0.4, -0.2) is 31.2 Å². The normalized spacial score (nSPS) is 16.4. The first-order chi connectivity index (χ1) is 6.24. The summed E-state index contributed by atoms with van der Waals surface area (Å²) in [5.74, 6) is -0.297. The fraction of sp³-hybridized carbons (Fsp3) is 0.900. The summed E-state index contributed by atoms with van der Waals surface area (Å²) in [6, 6.07) is 0. The number of nitrogens with two attached hydrogens (primary N) is 1. The molecule has 4 nitrogen and oxygen atoms in total. The van der Waals surface area contributed by atoms with Crippen molar-refractivity contribution >= 4 is 5.91 Å². The van der Waals surface area contributed by atoms with Crippen LogP contribution in [0.5, 0.6) is 0 Å². The minimum atomic E-state index is -0.300. The van der Waals surface area contributed by atoms with Crippen molar-refractivity contribution in [3.05, 3.63) is 0 Å². The lowest BCUT2D eigenvalue weighted by molar-refractivity contribution is -0.120. The fourth-order valence-electron chi connectivity index (χ4n) is 1.64. The van der Waals surface area contributed by atoms with E-state index in [1.54, 1.807) is 7.11 Å². The second kappa shape index (κ2) is 4.75.